The van der Waals surface area contributed by atoms with Gasteiger partial charge in [-0.1, -0.05) is 54.6 Å². The lowest BCUT2D eigenvalue weighted by atomic mass is 10.4. The molecular weight excluding hydrogens is 481 g/mol. The molecule has 0 heterocycles. The molecule has 4 N–H and O–H groups in total. The summed E-state index contributed by atoms with van der Waals surface area (Å²) >= 11 is 0. The molecular formula is C29H38N5O2P. The number of carbonyl (C=O) groups excluding carboxylic acids is 2. The van der Waals surface area contributed by atoms with E-state index in [4.69, 9.17) is 11.1 Å². The summed E-state index contributed by atoms with van der Waals surface area (Å²) in [6.07, 6.45) is 0.783. The van der Waals surface area contributed by atoms with Crippen LogP contribution in [0.5, 0.6) is 0 Å². The fourth-order valence-electron chi connectivity index (χ4n) is 4.27. The number of nitrogens with two attached hydrogens (primary N) is 1. The zero-order valence-corrected chi connectivity index (χ0v) is 22.8. The second-order valence-corrected chi connectivity index (χ2v) is 12.3. The maximum atomic E-state index is 12.6. The van der Waals surface area contributed by atoms with Crippen molar-refractivity contribution in [2.24, 2.45) is 5.73 Å². The van der Waals surface area contributed by atoms with E-state index < -0.39 is 7.26 Å². The van der Waals surface area contributed by atoms with Crippen LogP contribution in [0.4, 0.5) is 0 Å². The molecule has 0 atom stereocenters. The van der Waals surface area contributed by atoms with Gasteiger partial charge in [0.25, 0.3) is 0 Å². The van der Waals surface area contributed by atoms with Gasteiger partial charge in [0, 0.05) is 27.1 Å². The number of rotatable bonds is 11. The van der Waals surface area contributed by atoms with Crippen LogP contribution in [0, 0.1) is 12.8 Å². The van der Waals surface area contributed by atoms with E-state index in [1.165, 1.54) is 20.8 Å². The maximum Gasteiger partial charge on any atom is 0.239 e. The molecule has 0 fully saturated rings. The summed E-state index contributed by atoms with van der Waals surface area (Å²) in [4.78, 5) is 27.9. The van der Waals surface area contributed by atoms with Crippen LogP contribution in [-0.4, -0.2) is 67.0 Å². The van der Waals surface area contributed by atoms with Crippen LogP contribution in [-0.2, 0) is 9.59 Å². The minimum atomic E-state index is -2.05. The highest BCUT2D eigenvalue weighted by atomic mass is 31.2. The number of hydrogen-bond acceptors (Lipinski definition) is 3. The molecule has 8 heteroatoms. The molecule has 3 rings (SSSR count). The molecule has 0 aliphatic rings. The van der Waals surface area contributed by atoms with Crippen molar-refractivity contribution in [3.8, 4) is 0 Å². The summed E-state index contributed by atoms with van der Waals surface area (Å²) in [5, 5.41) is 14.0. The topological polar surface area (TPSA) is 103 Å². The lowest BCUT2D eigenvalue weighted by molar-refractivity contribution is -0.129. The van der Waals surface area contributed by atoms with E-state index in [9.17, 15) is 9.59 Å². The first-order valence-corrected chi connectivity index (χ1v) is 13.9. The Labute approximate surface area is 221 Å². The van der Waals surface area contributed by atoms with Crippen molar-refractivity contribution in [3.05, 3.63) is 98.4 Å². The Kier molecular flexibility index (Phi) is 11.3. The molecule has 0 saturated heterocycles. The zero-order valence-electron chi connectivity index (χ0n) is 21.9. The van der Waals surface area contributed by atoms with E-state index >= 15 is 0 Å². The van der Waals surface area contributed by atoms with Gasteiger partial charge >= 0.3 is 0 Å². The average molecular weight is 520 g/mol. The molecule has 0 aliphatic carbocycles. The second kappa shape index (κ2) is 14.1. The number of benzene rings is 3. The third kappa shape index (κ3) is 7.64. The highest BCUT2D eigenvalue weighted by Crippen LogP contribution is 2.55. The third-order valence-corrected chi connectivity index (χ3v) is 10.6. The summed E-state index contributed by atoms with van der Waals surface area (Å²) in [7, 11) is -0.466. The van der Waals surface area contributed by atoms with Crippen molar-refractivity contribution in [1.29, 1.82) is 5.41 Å². The number of nitrogens with one attached hydrogen (secondary N) is 2. The van der Waals surface area contributed by atoms with E-state index in [2.05, 4.69) is 78.1 Å². The lowest BCUT2D eigenvalue weighted by Gasteiger charge is -2.30. The second-order valence-electron chi connectivity index (χ2n) is 8.64. The van der Waals surface area contributed by atoms with Gasteiger partial charge in [-0.3, -0.25) is 15.0 Å². The van der Waals surface area contributed by atoms with E-state index in [1.54, 1.807) is 18.9 Å². The summed E-state index contributed by atoms with van der Waals surface area (Å²) in [5.41, 5.74) is 5.40. The zero-order chi connectivity index (χ0) is 26.0. The first kappa shape index (κ1) is 29.5. The molecule has 0 aromatic heterocycles. The third-order valence-electron chi connectivity index (χ3n) is 6.24. The Morgan fingerprint density at radius 1 is 0.838 bits per heavy atom. The predicted octanol–water partition coefficient (Wildman–Crippen LogP) is 2.22. The molecule has 0 unspecified atom stereocenters. The maximum absolute atomic E-state index is 12.6. The van der Waals surface area contributed by atoms with Gasteiger partial charge < -0.3 is 28.3 Å². The number of carbonyl (C=O) groups is 2. The summed E-state index contributed by atoms with van der Waals surface area (Å²) < 4.78 is 0. The molecule has 3 aromatic rings. The van der Waals surface area contributed by atoms with Crippen molar-refractivity contribution in [2.45, 2.75) is 6.92 Å². The number of likely N-dealkylation sites (N-methyl/N-ethyl adjacent to an activating group) is 1. The van der Waals surface area contributed by atoms with Crippen LogP contribution in [0.2, 0.25) is 0 Å². The molecule has 7 nitrogen and oxygen atoms in total. The fraction of sp³-hybridized carbons (Fsp3) is 0.241. The minimum absolute atomic E-state index is 0. The van der Waals surface area contributed by atoms with Crippen molar-refractivity contribution < 1.29 is 9.59 Å². The molecule has 0 spiro atoms. The van der Waals surface area contributed by atoms with E-state index in [-0.39, 0.29) is 31.7 Å². The average Bonchev–Trinajstić information content (AvgIpc) is 2.89. The number of amides is 2. The monoisotopic (exact) mass is 519 g/mol. The largest absolute Gasteiger partial charge is 0.370 e. The van der Waals surface area contributed by atoms with E-state index in [0.717, 1.165) is 6.16 Å². The minimum Gasteiger partial charge on any atom is -0.370 e. The predicted molar refractivity (Wildman–Crippen MR) is 156 cm³/mol. The number of hydrogen-bond donors (Lipinski definition) is 3. The van der Waals surface area contributed by atoms with Gasteiger partial charge in [0.1, 0.15) is 23.2 Å². The molecule has 0 aliphatic heterocycles. The molecule has 3 aromatic carbocycles. The summed E-state index contributed by atoms with van der Waals surface area (Å²) in [6.45, 7) is 2.87. The smallest absolute Gasteiger partial charge is 0.239 e. The Morgan fingerprint density at radius 3 is 1.65 bits per heavy atom. The molecule has 0 radical (unpaired) electrons. The van der Waals surface area contributed by atoms with Crippen molar-refractivity contribution in [1.82, 2.24) is 15.1 Å². The molecule has 0 bridgehead atoms. The van der Waals surface area contributed by atoms with Crippen molar-refractivity contribution in [2.75, 3.05) is 39.4 Å². The first-order chi connectivity index (χ1) is 17.3. The van der Waals surface area contributed by atoms with Gasteiger partial charge in [0.2, 0.25) is 11.8 Å². The first-order valence-electron chi connectivity index (χ1n) is 12.0. The highest BCUT2D eigenvalue weighted by Gasteiger charge is 2.45. The fourth-order valence-corrected chi connectivity index (χ4v) is 8.52. The molecule has 0 saturated carbocycles. The number of nitrogens with zero attached hydrogens (tertiary/aromatic N) is 2. The van der Waals surface area contributed by atoms with Crippen LogP contribution in [0.25, 0.3) is 0 Å². The summed E-state index contributed by atoms with van der Waals surface area (Å²) in [5.74, 6) is -0.438. The summed E-state index contributed by atoms with van der Waals surface area (Å²) in [6, 6.07) is 31.7. The van der Waals surface area contributed by atoms with Crippen LogP contribution in [0.15, 0.2) is 91.0 Å². The van der Waals surface area contributed by atoms with E-state index in [0.29, 0.717) is 19.6 Å². The Morgan fingerprint density at radius 2 is 1.27 bits per heavy atom. The van der Waals surface area contributed by atoms with Crippen LogP contribution >= 0.6 is 7.26 Å². The standard InChI is InChI=1S/C28H34N5O2P.CH3/c1-23(34)33(19-18-31-27(35)22-32(2)28(29)30)20-21-36(24-12-6-3-7-13-24,25-14-8-4-9-15-25)26-16-10-5-11-17-26;/h3-17H,18-22H2,1-2H3,(H3-,29,30,31,35);1H3/q;-1/p+1. The van der Waals surface area contributed by atoms with Gasteiger partial charge in [-0.15, -0.1) is 0 Å². The van der Waals surface area contributed by atoms with E-state index in [1.807, 2.05) is 18.2 Å². The molecule has 2 amide bonds. The Bertz CT molecular complexity index is 1050. The van der Waals surface area contributed by atoms with Gasteiger partial charge in [0.05, 0.1) is 19.3 Å². The van der Waals surface area contributed by atoms with Gasteiger partial charge in [-0.05, 0) is 36.4 Å². The van der Waals surface area contributed by atoms with Crippen molar-refractivity contribution >= 4 is 41.0 Å². The van der Waals surface area contributed by atoms with Crippen molar-refractivity contribution in [3.63, 3.8) is 0 Å². The van der Waals surface area contributed by atoms with Gasteiger partial charge in [-0.2, -0.15) is 0 Å². The van der Waals surface area contributed by atoms with Gasteiger partial charge in [-0.25, -0.2) is 0 Å². The van der Waals surface area contributed by atoms with Gasteiger partial charge in [0.15, 0.2) is 5.96 Å². The molecule has 37 heavy (non-hydrogen) atoms. The Balaban J connectivity index is 0.00000481. The SMILES string of the molecule is CC(=O)N(CCNC(=O)CN(C)C(=N)N)CC[P+](c1ccccc1)(c1ccccc1)c1ccccc1.[CH3-]. The lowest BCUT2D eigenvalue weighted by Crippen LogP contribution is -2.45. The van der Waals surface area contributed by atoms with Crippen LogP contribution in [0.1, 0.15) is 6.92 Å². The number of guanidine groups is 1. The quantitative estimate of drug-likeness (QED) is 0.156. The van der Waals surface area contributed by atoms with Crippen LogP contribution in [0.3, 0.4) is 0 Å². The Hall–Kier alpha value is -3.70. The normalized spacial score (nSPS) is 10.6. The highest BCUT2D eigenvalue weighted by molar-refractivity contribution is 7.95. The molecule has 196 valence electrons. The van der Waals surface area contributed by atoms with Crippen LogP contribution < -0.4 is 27.0 Å².